The van der Waals surface area contributed by atoms with Crippen LogP contribution in [-0.2, 0) is 12.8 Å². The maximum absolute atomic E-state index is 10.2. The number of phenolic OH excluding ortho intramolecular Hbond substituents is 1. The van der Waals surface area contributed by atoms with E-state index in [2.05, 4.69) is 29.2 Å². The molecule has 2 aromatic rings. The molecule has 0 bridgehead atoms. The van der Waals surface area contributed by atoms with E-state index in [-0.39, 0.29) is 5.75 Å². The molecule has 0 aromatic heterocycles. The Bertz CT molecular complexity index is 785. The lowest BCUT2D eigenvalue weighted by Gasteiger charge is -2.38. The second-order valence-electron chi connectivity index (χ2n) is 7.48. The van der Waals surface area contributed by atoms with Gasteiger partial charge in [0.2, 0.25) is 0 Å². The number of ether oxygens (including phenoxy) is 2. The van der Waals surface area contributed by atoms with E-state index in [0.717, 1.165) is 36.6 Å². The van der Waals surface area contributed by atoms with Crippen LogP contribution in [0.25, 0.3) is 0 Å². The van der Waals surface area contributed by atoms with E-state index in [1.165, 1.54) is 30.5 Å². The first-order chi connectivity index (χ1) is 12.7. The summed E-state index contributed by atoms with van der Waals surface area (Å²) in [5.41, 5.74) is 3.92. The number of hydrogen-bond donors (Lipinski definition) is 1. The van der Waals surface area contributed by atoms with Crippen LogP contribution in [0.4, 0.5) is 0 Å². The summed E-state index contributed by atoms with van der Waals surface area (Å²) in [6.07, 6.45) is 4.69. The van der Waals surface area contributed by atoms with Crippen LogP contribution >= 0.6 is 0 Å². The van der Waals surface area contributed by atoms with Gasteiger partial charge in [-0.25, -0.2) is 0 Å². The van der Waals surface area contributed by atoms with Crippen LogP contribution in [0.15, 0.2) is 36.4 Å². The largest absolute Gasteiger partial charge is 0.504 e. The molecule has 0 amide bonds. The van der Waals surface area contributed by atoms with Crippen molar-refractivity contribution in [3.63, 3.8) is 0 Å². The molecule has 138 valence electrons. The second kappa shape index (κ2) is 7.20. The highest BCUT2D eigenvalue weighted by Gasteiger charge is 2.32. The van der Waals surface area contributed by atoms with Gasteiger partial charge in [-0.1, -0.05) is 12.1 Å². The van der Waals surface area contributed by atoms with Crippen molar-refractivity contribution in [2.45, 2.75) is 31.7 Å². The SMILES string of the molecule is COc1ccc2c(c1)CCN(CC1CC1)C2Cc1ccc(OC)c(O)c1. The van der Waals surface area contributed by atoms with Gasteiger partial charge in [0.1, 0.15) is 5.75 Å². The van der Waals surface area contributed by atoms with Gasteiger partial charge in [-0.05, 0) is 72.6 Å². The smallest absolute Gasteiger partial charge is 0.160 e. The average Bonchev–Trinajstić information content (AvgIpc) is 3.47. The molecule has 1 saturated carbocycles. The summed E-state index contributed by atoms with van der Waals surface area (Å²) >= 11 is 0. The van der Waals surface area contributed by atoms with Gasteiger partial charge in [0.25, 0.3) is 0 Å². The summed E-state index contributed by atoms with van der Waals surface area (Å²) in [4.78, 5) is 2.63. The molecule has 1 atom stereocenters. The molecular weight excluding hydrogens is 326 g/mol. The van der Waals surface area contributed by atoms with Crippen molar-refractivity contribution in [2.24, 2.45) is 5.92 Å². The zero-order chi connectivity index (χ0) is 18.1. The van der Waals surface area contributed by atoms with Crippen LogP contribution < -0.4 is 9.47 Å². The molecule has 4 rings (SSSR count). The lowest BCUT2D eigenvalue weighted by molar-refractivity contribution is 0.175. The topological polar surface area (TPSA) is 41.9 Å². The van der Waals surface area contributed by atoms with E-state index in [0.29, 0.717) is 11.8 Å². The van der Waals surface area contributed by atoms with Crippen LogP contribution in [0.2, 0.25) is 0 Å². The van der Waals surface area contributed by atoms with Crippen molar-refractivity contribution in [1.82, 2.24) is 4.90 Å². The van der Waals surface area contributed by atoms with Gasteiger partial charge >= 0.3 is 0 Å². The van der Waals surface area contributed by atoms with Crippen LogP contribution in [-0.4, -0.2) is 37.3 Å². The molecule has 0 spiro atoms. The van der Waals surface area contributed by atoms with E-state index in [4.69, 9.17) is 9.47 Å². The molecule has 1 unspecified atom stereocenters. The minimum Gasteiger partial charge on any atom is -0.504 e. The minimum absolute atomic E-state index is 0.213. The van der Waals surface area contributed by atoms with E-state index in [9.17, 15) is 5.11 Å². The fourth-order valence-corrected chi connectivity index (χ4v) is 4.04. The van der Waals surface area contributed by atoms with Gasteiger partial charge in [0, 0.05) is 19.1 Å². The first kappa shape index (κ1) is 17.2. The molecular formula is C22H27NO3. The van der Waals surface area contributed by atoms with Crippen LogP contribution in [0.3, 0.4) is 0 Å². The predicted molar refractivity (Wildman–Crippen MR) is 102 cm³/mol. The third kappa shape index (κ3) is 3.51. The molecule has 0 radical (unpaired) electrons. The monoisotopic (exact) mass is 353 g/mol. The lowest BCUT2D eigenvalue weighted by Crippen LogP contribution is -2.38. The van der Waals surface area contributed by atoms with E-state index in [1.54, 1.807) is 14.2 Å². The predicted octanol–water partition coefficient (Wildman–Crippen LogP) is 3.96. The summed E-state index contributed by atoms with van der Waals surface area (Å²) in [6, 6.07) is 12.6. The second-order valence-corrected chi connectivity index (χ2v) is 7.48. The quantitative estimate of drug-likeness (QED) is 0.853. The summed E-state index contributed by atoms with van der Waals surface area (Å²) in [5.74, 6) is 2.53. The Morgan fingerprint density at radius 1 is 1.08 bits per heavy atom. The van der Waals surface area contributed by atoms with Gasteiger partial charge in [0.05, 0.1) is 14.2 Å². The zero-order valence-electron chi connectivity index (χ0n) is 15.6. The molecule has 2 aromatic carbocycles. The number of aromatic hydroxyl groups is 1. The van der Waals surface area contributed by atoms with Crippen molar-refractivity contribution >= 4 is 0 Å². The number of nitrogens with zero attached hydrogens (tertiary/aromatic N) is 1. The summed E-state index contributed by atoms with van der Waals surface area (Å²) < 4.78 is 10.6. The Morgan fingerprint density at radius 3 is 2.62 bits per heavy atom. The third-order valence-electron chi connectivity index (χ3n) is 5.68. The molecule has 4 nitrogen and oxygen atoms in total. The molecule has 1 aliphatic heterocycles. The van der Waals surface area contributed by atoms with E-state index < -0.39 is 0 Å². The fraction of sp³-hybridized carbons (Fsp3) is 0.455. The van der Waals surface area contributed by atoms with Gasteiger partial charge in [-0.2, -0.15) is 0 Å². The maximum atomic E-state index is 10.2. The van der Waals surface area contributed by atoms with Gasteiger partial charge in [0.15, 0.2) is 11.5 Å². The molecule has 0 saturated heterocycles. The molecule has 1 fully saturated rings. The van der Waals surface area contributed by atoms with E-state index in [1.807, 2.05) is 12.1 Å². The van der Waals surface area contributed by atoms with Crippen LogP contribution in [0, 0.1) is 5.92 Å². The molecule has 26 heavy (non-hydrogen) atoms. The van der Waals surface area contributed by atoms with Crippen LogP contribution in [0.5, 0.6) is 17.2 Å². The van der Waals surface area contributed by atoms with Crippen molar-refractivity contribution in [3.8, 4) is 17.2 Å². The Labute approximate surface area is 155 Å². The number of benzene rings is 2. The molecule has 2 aliphatic rings. The van der Waals surface area contributed by atoms with Crippen molar-refractivity contribution in [1.29, 1.82) is 0 Å². The van der Waals surface area contributed by atoms with Gasteiger partial charge in [-0.15, -0.1) is 0 Å². The molecule has 1 heterocycles. The first-order valence-corrected chi connectivity index (χ1v) is 9.44. The highest BCUT2D eigenvalue weighted by molar-refractivity contribution is 5.44. The zero-order valence-corrected chi connectivity index (χ0v) is 15.6. The summed E-state index contributed by atoms with van der Waals surface area (Å²) in [7, 11) is 3.30. The summed E-state index contributed by atoms with van der Waals surface area (Å²) in [6.45, 7) is 2.27. The Kier molecular flexibility index (Phi) is 4.77. The van der Waals surface area contributed by atoms with E-state index >= 15 is 0 Å². The number of phenols is 1. The van der Waals surface area contributed by atoms with Gasteiger partial charge < -0.3 is 14.6 Å². The number of fused-ring (bicyclic) bond motifs is 1. The maximum Gasteiger partial charge on any atom is 0.160 e. The molecule has 4 heteroatoms. The highest BCUT2D eigenvalue weighted by atomic mass is 16.5. The van der Waals surface area contributed by atoms with Crippen LogP contribution in [0.1, 0.15) is 35.6 Å². The normalized spacial score (nSPS) is 19.8. The number of methoxy groups -OCH3 is 2. The van der Waals surface area contributed by atoms with Crippen molar-refractivity contribution in [3.05, 3.63) is 53.1 Å². The average molecular weight is 353 g/mol. The highest BCUT2D eigenvalue weighted by Crippen LogP contribution is 2.39. The standard InChI is InChI=1S/C22H27NO3/c1-25-18-6-7-19-17(13-18)9-10-23(14-15-3-4-15)20(19)11-16-5-8-22(26-2)21(24)12-16/h5-8,12-13,15,20,24H,3-4,9-11,14H2,1-2H3. The summed E-state index contributed by atoms with van der Waals surface area (Å²) in [5, 5.41) is 10.2. The third-order valence-corrected chi connectivity index (χ3v) is 5.68. The molecule has 1 aliphatic carbocycles. The Morgan fingerprint density at radius 2 is 1.92 bits per heavy atom. The fourth-order valence-electron chi connectivity index (χ4n) is 4.04. The van der Waals surface area contributed by atoms with Gasteiger partial charge in [-0.3, -0.25) is 4.90 Å². The number of hydrogen-bond acceptors (Lipinski definition) is 4. The lowest BCUT2D eigenvalue weighted by atomic mass is 9.88. The number of rotatable bonds is 6. The Balaban J connectivity index is 1.64. The first-order valence-electron chi connectivity index (χ1n) is 9.44. The van der Waals surface area contributed by atoms with Crippen molar-refractivity contribution in [2.75, 3.05) is 27.3 Å². The minimum atomic E-state index is 0.213. The van der Waals surface area contributed by atoms with Crippen molar-refractivity contribution < 1.29 is 14.6 Å². The molecule has 1 N–H and O–H groups in total. The Hall–Kier alpha value is -2.20.